The largest absolute Gasteiger partial charge is 0.505 e. The molecular formula is C35H35N3O. The lowest BCUT2D eigenvalue weighted by Gasteiger charge is -2.41. The number of pyridine rings is 2. The van der Waals surface area contributed by atoms with Gasteiger partial charge in [0.2, 0.25) is 0 Å². The number of hydrogen-bond donors (Lipinski definition) is 1. The Balaban J connectivity index is 1.57. The van der Waals surface area contributed by atoms with E-state index in [0.717, 1.165) is 39.4 Å². The van der Waals surface area contributed by atoms with Crippen LogP contribution in [0, 0.1) is 0 Å². The molecule has 4 nitrogen and oxygen atoms in total. The van der Waals surface area contributed by atoms with Crippen molar-refractivity contribution < 1.29 is 5.11 Å². The van der Waals surface area contributed by atoms with Crippen molar-refractivity contribution in [3.8, 4) is 17.0 Å². The summed E-state index contributed by atoms with van der Waals surface area (Å²) in [6.07, 6.45) is 1.91. The minimum absolute atomic E-state index is 0.183. The molecule has 0 spiro atoms. The molecule has 196 valence electrons. The van der Waals surface area contributed by atoms with Gasteiger partial charge in [-0.05, 0) is 64.4 Å². The van der Waals surface area contributed by atoms with Gasteiger partial charge in [0.05, 0.1) is 17.1 Å². The van der Waals surface area contributed by atoms with E-state index in [0.29, 0.717) is 11.4 Å². The van der Waals surface area contributed by atoms with Gasteiger partial charge in [-0.25, -0.2) is 9.97 Å². The smallest absolute Gasteiger partial charge is 0.145 e. The van der Waals surface area contributed by atoms with Gasteiger partial charge in [-0.3, -0.25) is 4.90 Å². The second kappa shape index (κ2) is 9.23. The summed E-state index contributed by atoms with van der Waals surface area (Å²) in [5.74, 6) is 1.80. The Bertz CT molecular complexity index is 1720. The van der Waals surface area contributed by atoms with E-state index in [-0.39, 0.29) is 17.1 Å². The Morgan fingerprint density at radius 3 is 2.28 bits per heavy atom. The number of hydrogen-bond acceptors (Lipinski definition) is 4. The fourth-order valence-electron chi connectivity index (χ4n) is 5.85. The van der Waals surface area contributed by atoms with E-state index in [9.17, 15) is 5.11 Å². The Hall–Kier alpha value is -4.18. The second-order valence-corrected chi connectivity index (χ2v) is 11.7. The van der Waals surface area contributed by atoms with Crippen LogP contribution in [0.15, 0.2) is 85.1 Å². The topological polar surface area (TPSA) is 49.2 Å². The molecular weight excluding hydrogens is 478 g/mol. The molecule has 0 radical (unpaired) electrons. The zero-order chi connectivity index (χ0) is 27.5. The summed E-state index contributed by atoms with van der Waals surface area (Å²) in [6.45, 7) is 13.2. The zero-order valence-corrected chi connectivity index (χ0v) is 23.5. The number of rotatable bonds is 4. The number of benzene rings is 3. The summed E-state index contributed by atoms with van der Waals surface area (Å²) in [4.78, 5) is 12.1. The van der Waals surface area contributed by atoms with Gasteiger partial charge in [0.15, 0.2) is 0 Å². The van der Waals surface area contributed by atoms with Crippen LogP contribution in [-0.2, 0) is 5.41 Å². The monoisotopic (exact) mass is 513 g/mol. The molecule has 4 heteroatoms. The van der Waals surface area contributed by atoms with Crippen molar-refractivity contribution in [3.63, 3.8) is 0 Å². The van der Waals surface area contributed by atoms with Crippen LogP contribution in [0.5, 0.6) is 5.75 Å². The van der Waals surface area contributed by atoms with Crippen molar-refractivity contribution in [1.29, 1.82) is 0 Å². The van der Waals surface area contributed by atoms with Crippen LogP contribution in [0.2, 0.25) is 0 Å². The van der Waals surface area contributed by atoms with Crippen LogP contribution >= 0.6 is 0 Å². The van der Waals surface area contributed by atoms with Gasteiger partial charge in [-0.1, -0.05) is 90.1 Å². The lowest BCUT2D eigenvalue weighted by Crippen LogP contribution is -2.31. The van der Waals surface area contributed by atoms with Gasteiger partial charge in [-0.2, -0.15) is 0 Å². The molecule has 0 bridgehead atoms. The molecule has 0 unspecified atom stereocenters. The zero-order valence-electron chi connectivity index (χ0n) is 23.5. The van der Waals surface area contributed by atoms with E-state index < -0.39 is 0 Å². The number of phenolic OH excluding ortho intramolecular Hbond substituents is 1. The quantitative estimate of drug-likeness (QED) is 0.260. The number of anilines is 3. The molecule has 1 aliphatic heterocycles. The number of aromatic hydroxyl groups is 1. The van der Waals surface area contributed by atoms with Gasteiger partial charge in [0.1, 0.15) is 17.1 Å². The average Bonchev–Trinajstić information content (AvgIpc) is 2.93. The van der Waals surface area contributed by atoms with Crippen LogP contribution < -0.4 is 4.90 Å². The van der Waals surface area contributed by atoms with Crippen LogP contribution in [-0.4, -0.2) is 15.1 Å². The molecule has 3 aromatic carbocycles. The molecule has 0 atom stereocenters. The molecule has 1 N–H and O–H groups in total. The van der Waals surface area contributed by atoms with Crippen LogP contribution in [0.4, 0.5) is 17.2 Å². The molecule has 5 aromatic rings. The summed E-state index contributed by atoms with van der Waals surface area (Å²) in [7, 11) is 0. The molecule has 0 saturated carbocycles. The Morgan fingerprint density at radius 2 is 1.51 bits per heavy atom. The summed E-state index contributed by atoms with van der Waals surface area (Å²) >= 11 is 0. The van der Waals surface area contributed by atoms with E-state index in [2.05, 4.69) is 101 Å². The van der Waals surface area contributed by atoms with Crippen LogP contribution in [0.3, 0.4) is 0 Å². The predicted molar refractivity (Wildman–Crippen MR) is 162 cm³/mol. The molecule has 0 aliphatic carbocycles. The maximum absolute atomic E-state index is 11.0. The van der Waals surface area contributed by atoms with E-state index >= 15 is 0 Å². The Morgan fingerprint density at radius 1 is 0.769 bits per heavy atom. The van der Waals surface area contributed by atoms with Gasteiger partial charge in [-0.15, -0.1) is 0 Å². The Labute approximate surface area is 231 Å². The first-order valence-corrected chi connectivity index (χ1v) is 13.8. The summed E-state index contributed by atoms with van der Waals surface area (Å²) < 4.78 is 0. The number of para-hydroxylation sites is 1. The highest BCUT2D eigenvalue weighted by Crippen LogP contribution is 2.52. The van der Waals surface area contributed by atoms with Gasteiger partial charge < -0.3 is 5.11 Å². The minimum atomic E-state index is -0.183. The molecule has 0 fully saturated rings. The SMILES string of the molecule is CC(C)c1ccnc(N2c3ccccc3C(C)(C)c3ccc(-c4ccc5ccc(C(C)C)c(O)c5n4)cc32)c1. The maximum Gasteiger partial charge on any atom is 0.145 e. The number of nitrogens with zero attached hydrogens (tertiary/aromatic N) is 3. The van der Waals surface area contributed by atoms with Crippen molar-refractivity contribution in [1.82, 2.24) is 9.97 Å². The number of aromatic nitrogens is 2. The first-order valence-electron chi connectivity index (χ1n) is 13.8. The second-order valence-electron chi connectivity index (χ2n) is 11.7. The van der Waals surface area contributed by atoms with Gasteiger partial charge in [0, 0.05) is 22.6 Å². The third kappa shape index (κ3) is 4.06. The van der Waals surface area contributed by atoms with Crippen LogP contribution in [0.1, 0.15) is 75.6 Å². The highest BCUT2D eigenvalue weighted by Gasteiger charge is 2.37. The highest BCUT2D eigenvalue weighted by atomic mass is 16.3. The van der Waals surface area contributed by atoms with Crippen molar-refractivity contribution in [3.05, 3.63) is 107 Å². The minimum Gasteiger partial charge on any atom is -0.505 e. The molecule has 1 aliphatic rings. The normalized spacial score (nSPS) is 14.1. The lowest BCUT2D eigenvalue weighted by molar-refractivity contribution is 0.470. The van der Waals surface area contributed by atoms with Crippen molar-refractivity contribution in [2.75, 3.05) is 4.90 Å². The van der Waals surface area contributed by atoms with Crippen molar-refractivity contribution in [2.24, 2.45) is 0 Å². The third-order valence-corrected chi connectivity index (χ3v) is 8.18. The van der Waals surface area contributed by atoms with E-state index in [1.807, 2.05) is 30.5 Å². The van der Waals surface area contributed by atoms with Gasteiger partial charge >= 0.3 is 0 Å². The van der Waals surface area contributed by atoms with Crippen LogP contribution in [0.25, 0.3) is 22.2 Å². The first-order chi connectivity index (χ1) is 18.7. The molecule has 6 rings (SSSR count). The summed E-state index contributed by atoms with van der Waals surface area (Å²) in [6, 6.07) is 27.7. The average molecular weight is 514 g/mol. The predicted octanol–water partition coefficient (Wildman–Crippen LogP) is 9.36. The summed E-state index contributed by atoms with van der Waals surface area (Å²) in [5.41, 5.74) is 9.24. The molecule has 3 heterocycles. The molecule has 0 amide bonds. The molecule has 2 aromatic heterocycles. The lowest BCUT2D eigenvalue weighted by atomic mass is 9.73. The van der Waals surface area contributed by atoms with E-state index in [1.54, 1.807) is 0 Å². The Kier molecular flexibility index (Phi) is 5.95. The number of fused-ring (bicyclic) bond motifs is 3. The summed E-state index contributed by atoms with van der Waals surface area (Å²) in [5, 5.41) is 12.0. The standard InChI is InChI=1S/C35H35N3O/c1-21(2)24-17-18-36-32(20-24)38-30-10-8-7-9-27(30)35(5,6)28-15-12-25(19-31(28)38)29-16-13-23-11-14-26(22(3)4)34(39)33(23)37-29/h7-22,39H,1-6H3. The maximum atomic E-state index is 11.0. The first kappa shape index (κ1) is 25.1. The highest BCUT2D eigenvalue weighted by molar-refractivity contribution is 5.90. The third-order valence-electron chi connectivity index (χ3n) is 8.18. The van der Waals surface area contributed by atoms with E-state index in [1.165, 1.54) is 16.7 Å². The molecule has 0 saturated heterocycles. The fraction of sp³-hybridized carbons (Fsp3) is 0.257. The van der Waals surface area contributed by atoms with E-state index in [4.69, 9.17) is 9.97 Å². The molecule has 39 heavy (non-hydrogen) atoms. The van der Waals surface area contributed by atoms with Crippen molar-refractivity contribution >= 4 is 28.1 Å². The fourth-order valence-corrected chi connectivity index (χ4v) is 5.85. The van der Waals surface area contributed by atoms with Crippen molar-refractivity contribution in [2.45, 2.75) is 58.8 Å². The van der Waals surface area contributed by atoms with Gasteiger partial charge in [0.25, 0.3) is 0 Å². The number of phenols is 1.